The molecular formula is C17H12BrCl3N2O4. The summed E-state index contributed by atoms with van der Waals surface area (Å²) in [7, 11) is 0. The van der Waals surface area contributed by atoms with E-state index < -0.39 is 24.4 Å². The Kier molecular flexibility index (Phi) is 7.91. The van der Waals surface area contributed by atoms with Crippen LogP contribution in [-0.2, 0) is 14.3 Å². The number of carbonyl (C=O) groups is 3. The fourth-order valence-corrected chi connectivity index (χ4v) is 3.07. The van der Waals surface area contributed by atoms with Gasteiger partial charge in [0.25, 0.3) is 11.8 Å². The lowest BCUT2D eigenvalue weighted by molar-refractivity contribution is -0.146. The molecule has 0 fully saturated rings. The Morgan fingerprint density at radius 1 is 1.00 bits per heavy atom. The molecule has 27 heavy (non-hydrogen) atoms. The van der Waals surface area contributed by atoms with Crippen molar-refractivity contribution in [1.29, 1.82) is 0 Å². The Bertz CT molecular complexity index is 852. The van der Waals surface area contributed by atoms with E-state index in [2.05, 4.69) is 26.6 Å². The second kappa shape index (κ2) is 9.94. The van der Waals surface area contributed by atoms with E-state index >= 15 is 0 Å². The number of halogens is 4. The number of carbonyl (C=O) groups excluding carboxylic acids is 3. The van der Waals surface area contributed by atoms with Crippen LogP contribution in [0.15, 0.2) is 40.9 Å². The molecule has 6 nitrogen and oxygen atoms in total. The molecule has 0 aromatic heterocycles. The Labute approximate surface area is 178 Å². The number of ether oxygens (including phenoxy) is 1. The third-order valence-electron chi connectivity index (χ3n) is 3.14. The second-order valence-electron chi connectivity index (χ2n) is 5.14. The van der Waals surface area contributed by atoms with Gasteiger partial charge in [-0.05, 0) is 36.4 Å². The standard InChI is InChI=1S/C17H12BrCl3N2O4/c18-10-3-1-9(2-4-10)17(26)22-7-15(25)27-8-14(24)23-16-12(20)5-11(19)6-13(16)21/h1-6H,7-8H2,(H,22,26)(H,23,24). The van der Waals surface area contributed by atoms with Crippen molar-refractivity contribution in [3.05, 3.63) is 61.5 Å². The molecule has 2 N–H and O–H groups in total. The highest BCUT2D eigenvalue weighted by atomic mass is 79.9. The summed E-state index contributed by atoms with van der Waals surface area (Å²) < 4.78 is 5.62. The maximum absolute atomic E-state index is 11.9. The lowest BCUT2D eigenvalue weighted by Crippen LogP contribution is -2.32. The molecule has 0 unspecified atom stereocenters. The topological polar surface area (TPSA) is 84.5 Å². The van der Waals surface area contributed by atoms with Crippen molar-refractivity contribution in [2.45, 2.75) is 0 Å². The van der Waals surface area contributed by atoms with E-state index in [4.69, 9.17) is 39.5 Å². The molecule has 2 rings (SSSR count). The number of amides is 2. The normalized spacial score (nSPS) is 10.2. The van der Waals surface area contributed by atoms with Gasteiger partial charge in [0.05, 0.1) is 15.7 Å². The van der Waals surface area contributed by atoms with Crippen LogP contribution in [0.25, 0.3) is 0 Å². The molecule has 0 aliphatic carbocycles. The molecule has 2 aromatic carbocycles. The number of rotatable bonds is 6. The zero-order chi connectivity index (χ0) is 20.0. The predicted molar refractivity (Wildman–Crippen MR) is 108 cm³/mol. The number of hydrogen-bond donors (Lipinski definition) is 2. The SMILES string of the molecule is O=C(COC(=O)CNC(=O)c1ccc(Br)cc1)Nc1c(Cl)cc(Cl)cc1Cl. The minimum Gasteiger partial charge on any atom is -0.454 e. The summed E-state index contributed by atoms with van der Waals surface area (Å²) >= 11 is 21.0. The molecule has 0 saturated heterocycles. The molecule has 2 amide bonds. The summed E-state index contributed by atoms with van der Waals surface area (Å²) in [4.78, 5) is 35.4. The Morgan fingerprint density at radius 3 is 2.19 bits per heavy atom. The molecule has 0 aliphatic rings. The van der Waals surface area contributed by atoms with Crippen molar-refractivity contribution in [3.8, 4) is 0 Å². The van der Waals surface area contributed by atoms with Crippen molar-refractivity contribution in [2.75, 3.05) is 18.5 Å². The minimum absolute atomic E-state index is 0.147. The zero-order valence-electron chi connectivity index (χ0n) is 13.5. The van der Waals surface area contributed by atoms with Crippen LogP contribution in [0.1, 0.15) is 10.4 Å². The number of benzene rings is 2. The second-order valence-corrected chi connectivity index (χ2v) is 7.31. The minimum atomic E-state index is -0.774. The average Bonchev–Trinajstić information content (AvgIpc) is 2.61. The molecule has 10 heteroatoms. The van der Waals surface area contributed by atoms with Gasteiger partial charge in [-0.25, -0.2) is 0 Å². The van der Waals surface area contributed by atoms with Crippen LogP contribution in [0.4, 0.5) is 5.69 Å². The smallest absolute Gasteiger partial charge is 0.325 e. The number of nitrogens with one attached hydrogen (secondary N) is 2. The average molecular weight is 495 g/mol. The van der Waals surface area contributed by atoms with Crippen LogP contribution < -0.4 is 10.6 Å². The van der Waals surface area contributed by atoms with E-state index in [1.54, 1.807) is 24.3 Å². The zero-order valence-corrected chi connectivity index (χ0v) is 17.4. The van der Waals surface area contributed by atoms with E-state index in [1.165, 1.54) is 12.1 Å². The molecule has 0 saturated carbocycles. The fourth-order valence-electron chi connectivity index (χ4n) is 1.89. The Balaban J connectivity index is 1.79. The van der Waals surface area contributed by atoms with Crippen LogP contribution in [-0.4, -0.2) is 30.9 Å². The van der Waals surface area contributed by atoms with Crippen molar-refractivity contribution in [3.63, 3.8) is 0 Å². The summed E-state index contributed by atoms with van der Waals surface area (Å²) in [6.07, 6.45) is 0. The highest BCUT2D eigenvalue weighted by Gasteiger charge is 2.14. The van der Waals surface area contributed by atoms with E-state index in [0.717, 1.165) is 4.47 Å². The number of anilines is 1. The first-order valence-corrected chi connectivity index (χ1v) is 9.32. The molecular weight excluding hydrogens is 482 g/mol. The summed E-state index contributed by atoms with van der Waals surface area (Å²) in [6, 6.07) is 9.41. The highest BCUT2D eigenvalue weighted by Crippen LogP contribution is 2.33. The van der Waals surface area contributed by atoms with Crippen LogP contribution in [0.3, 0.4) is 0 Å². The number of esters is 1. The Morgan fingerprint density at radius 2 is 1.59 bits per heavy atom. The van der Waals surface area contributed by atoms with Gasteiger partial charge in [0.1, 0.15) is 6.54 Å². The third-order valence-corrected chi connectivity index (χ3v) is 4.48. The quantitative estimate of drug-likeness (QED) is 0.586. The van der Waals surface area contributed by atoms with E-state index in [0.29, 0.717) is 10.6 Å². The van der Waals surface area contributed by atoms with Crippen LogP contribution in [0.2, 0.25) is 15.1 Å². The van der Waals surface area contributed by atoms with Gasteiger partial charge in [-0.15, -0.1) is 0 Å². The predicted octanol–water partition coefficient (Wildman–Crippen LogP) is 4.32. The molecule has 0 spiro atoms. The molecule has 0 atom stereocenters. The van der Waals surface area contributed by atoms with Crippen LogP contribution in [0.5, 0.6) is 0 Å². The highest BCUT2D eigenvalue weighted by molar-refractivity contribution is 9.10. The number of hydrogen-bond acceptors (Lipinski definition) is 4. The molecule has 0 heterocycles. The molecule has 0 bridgehead atoms. The van der Waals surface area contributed by atoms with Gasteiger partial charge < -0.3 is 15.4 Å². The van der Waals surface area contributed by atoms with Crippen LogP contribution in [0, 0.1) is 0 Å². The van der Waals surface area contributed by atoms with E-state index in [1.807, 2.05) is 0 Å². The first kappa shape index (κ1) is 21.5. The summed E-state index contributed by atoms with van der Waals surface area (Å²) in [5.41, 5.74) is 0.545. The molecule has 2 aromatic rings. The monoisotopic (exact) mass is 492 g/mol. The molecule has 142 valence electrons. The summed E-state index contributed by atoms with van der Waals surface area (Å²) in [6.45, 7) is -0.951. The lowest BCUT2D eigenvalue weighted by Gasteiger charge is -2.10. The van der Waals surface area contributed by atoms with Crippen molar-refractivity contribution in [2.24, 2.45) is 0 Å². The maximum atomic E-state index is 11.9. The fraction of sp³-hybridized carbons (Fsp3) is 0.118. The van der Waals surface area contributed by atoms with Gasteiger partial charge in [-0.2, -0.15) is 0 Å². The van der Waals surface area contributed by atoms with E-state index in [9.17, 15) is 14.4 Å². The maximum Gasteiger partial charge on any atom is 0.325 e. The molecule has 0 radical (unpaired) electrons. The molecule has 0 aliphatic heterocycles. The van der Waals surface area contributed by atoms with Gasteiger partial charge in [0.2, 0.25) is 0 Å². The van der Waals surface area contributed by atoms with Crippen LogP contribution >= 0.6 is 50.7 Å². The van der Waals surface area contributed by atoms with Crippen molar-refractivity contribution < 1.29 is 19.1 Å². The van der Waals surface area contributed by atoms with Gasteiger partial charge in [-0.3, -0.25) is 14.4 Å². The summed E-state index contributed by atoms with van der Waals surface area (Å²) in [5.74, 6) is -1.86. The van der Waals surface area contributed by atoms with Gasteiger partial charge in [0, 0.05) is 15.1 Å². The van der Waals surface area contributed by atoms with Gasteiger partial charge in [-0.1, -0.05) is 50.7 Å². The largest absolute Gasteiger partial charge is 0.454 e. The summed E-state index contributed by atoms with van der Waals surface area (Å²) in [5, 5.41) is 5.44. The third kappa shape index (κ3) is 6.70. The first-order valence-electron chi connectivity index (χ1n) is 7.40. The first-order chi connectivity index (χ1) is 12.8. The lowest BCUT2D eigenvalue weighted by atomic mass is 10.2. The Hall–Kier alpha value is -1.80. The van der Waals surface area contributed by atoms with Crippen molar-refractivity contribution in [1.82, 2.24) is 5.32 Å². The van der Waals surface area contributed by atoms with Crippen molar-refractivity contribution >= 4 is 74.2 Å². The van der Waals surface area contributed by atoms with E-state index in [-0.39, 0.29) is 22.3 Å². The van der Waals surface area contributed by atoms with Gasteiger partial charge in [0.15, 0.2) is 6.61 Å². The van der Waals surface area contributed by atoms with Gasteiger partial charge >= 0.3 is 5.97 Å².